The highest BCUT2D eigenvalue weighted by Crippen LogP contribution is 2.38. The summed E-state index contributed by atoms with van der Waals surface area (Å²) in [5.41, 5.74) is 0.855. The van der Waals surface area contributed by atoms with Gasteiger partial charge in [-0.2, -0.15) is 0 Å². The Balaban J connectivity index is 1.79. The van der Waals surface area contributed by atoms with Gasteiger partial charge in [-0.15, -0.1) is 0 Å². The molecule has 1 N–H and O–H groups in total. The molecule has 0 aliphatic carbocycles. The molecule has 1 heterocycles. The molecule has 0 saturated carbocycles. The van der Waals surface area contributed by atoms with Gasteiger partial charge in [0.25, 0.3) is 0 Å². The lowest BCUT2D eigenvalue weighted by atomic mass is 10.2. The van der Waals surface area contributed by atoms with Crippen LogP contribution in [0.2, 0.25) is 0 Å². The molecule has 21 heavy (non-hydrogen) atoms. The van der Waals surface area contributed by atoms with E-state index in [-0.39, 0.29) is 5.75 Å². The summed E-state index contributed by atoms with van der Waals surface area (Å²) < 4.78 is 17.9. The SMILES string of the molecule is COCCOCCOc1ccc(N2CC(C)CS2)c(O)c1. The van der Waals surface area contributed by atoms with Gasteiger partial charge in [0.2, 0.25) is 0 Å². The van der Waals surface area contributed by atoms with E-state index in [1.54, 1.807) is 25.1 Å². The highest BCUT2D eigenvalue weighted by Gasteiger charge is 2.22. The summed E-state index contributed by atoms with van der Waals surface area (Å²) in [4.78, 5) is 0. The van der Waals surface area contributed by atoms with Crippen molar-refractivity contribution in [3.8, 4) is 11.5 Å². The van der Waals surface area contributed by atoms with E-state index in [0.29, 0.717) is 38.1 Å². The molecule has 1 aromatic rings. The number of nitrogens with zero attached hydrogens (tertiary/aromatic N) is 1. The number of phenolic OH excluding ortho intramolecular Hbond substituents is 1. The standard InChI is InChI=1S/C15H23NO4S/c1-12-10-16(21-11-12)14-4-3-13(9-15(14)17)20-8-7-19-6-5-18-2/h3-4,9,12,17H,5-8,10-11H2,1-2H3. The largest absolute Gasteiger partial charge is 0.506 e. The van der Waals surface area contributed by atoms with Gasteiger partial charge in [0.05, 0.1) is 25.5 Å². The van der Waals surface area contributed by atoms with E-state index < -0.39 is 0 Å². The number of methoxy groups -OCH3 is 1. The fourth-order valence-corrected chi connectivity index (χ4v) is 3.23. The molecule has 0 amide bonds. The number of hydrogen-bond donors (Lipinski definition) is 1. The Bertz CT molecular complexity index is 444. The normalized spacial score (nSPS) is 18.2. The maximum atomic E-state index is 10.1. The van der Waals surface area contributed by atoms with Gasteiger partial charge in [0, 0.05) is 25.5 Å². The van der Waals surface area contributed by atoms with Crippen molar-refractivity contribution in [2.45, 2.75) is 6.92 Å². The molecule has 1 unspecified atom stereocenters. The Labute approximate surface area is 130 Å². The van der Waals surface area contributed by atoms with Crippen LogP contribution in [0.5, 0.6) is 11.5 Å². The van der Waals surface area contributed by atoms with Crippen molar-refractivity contribution in [1.82, 2.24) is 0 Å². The van der Waals surface area contributed by atoms with Crippen LogP contribution in [0.25, 0.3) is 0 Å². The number of anilines is 1. The quantitative estimate of drug-likeness (QED) is 0.588. The predicted octanol–water partition coefficient (Wildman–Crippen LogP) is 2.54. The topological polar surface area (TPSA) is 51.2 Å². The van der Waals surface area contributed by atoms with Crippen LogP contribution in [0.1, 0.15) is 6.92 Å². The minimum atomic E-state index is 0.259. The molecule has 1 aliphatic rings. The van der Waals surface area contributed by atoms with Crippen LogP contribution in [0.3, 0.4) is 0 Å². The second-order valence-corrected chi connectivity index (χ2v) is 6.10. The number of ether oxygens (including phenoxy) is 3. The van der Waals surface area contributed by atoms with Crippen molar-refractivity contribution >= 4 is 17.6 Å². The lowest BCUT2D eigenvalue weighted by Crippen LogP contribution is -2.13. The summed E-state index contributed by atoms with van der Waals surface area (Å²) in [7, 11) is 1.64. The van der Waals surface area contributed by atoms with Gasteiger partial charge < -0.3 is 23.6 Å². The third-order valence-corrected chi connectivity index (χ3v) is 4.51. The smallest absolute Gasteiger partial charge is 0.143 e. The summed E-state index contributed by atoms with van der Waals surface area (Å²) >= 11 is 1.75. The summed E-state index contributed by atoms with van der Waals surface area (Å²) in [6, 6.07) is 5.45. The Morgan fingerprint density at radius 1 is 1.29 bits per heavy atom. The summed E-state index contributed by atoms with van der Waals surface area (Å²) in [6.07, 6.45) is 0. The van der Waals surface area contributed by atoms with Gasteiger partial charge in [-0.3, -0.25) is 0 Å². The minimum absolute atomic E-state index is 0.259. The van der Waals surface area contributed by atoms with Crippen LogP contribution in [-0.4, -0.2) is 50.9 Å². The Morgan fingerprint density at radius 3 is 2.76 bits per heavy atom. The van der Waals surface area contributed by atoms with Gasteiger partial charge in [-0.05, 0) is 30.0 Å². The first-order chi connectivity index (χ1) is 10.2. The third kappa shape index (κ3) is 4.98. The molecule has 6 heteroatoms. The lowest BCUT2D eigenvalue weighted by Gasteiger charge is -2.18. The number of hydrogen-bond acceptors (Lipinski definition) is 6. The zero-order valence-corrected chi connectivity index (χ0v) is 13.4. The molecule has 0 spiro atoms. The van der Waals surface area contributed by atoms with Crippen molar-refractivity contribution in [2.75, 3.05) is 50.1 Å². The lowest BCUT2D eigenvalue weighted by molar-refractivity contribution is 0.0544. The van der Waals surface area contributed by atoms with E-state index in [1.165, 1.54) is 0 Å². The maximum Gasteiger partial charge on any atom is 0.143 e. The van der Waals surface area contributed by atoms with Crippen LogP contribution in [0, 0.1) is 5.92 Å². The van der Waals surface area contributed by atoms with Crippen LogP contribution in [0.15, 0.2) is 18.2 Å². The first kappa shape index (κ1) is 16.3. The first-order valence-electron chi connectivity index (χ1n) is 7.13. The first-order valence-corrected chi connectivity index (χ1v) is 8.08. The Morgan fingerprint density at radius 2 is 2.10 bits per heavy atom. The molecule has 118 valence electrons. The average Bonchev–Trinajstić information content (AvgIpc) is 2.89. The van der Waals surface area contributed by atoms with Crippen molar-refractivity contribution in [3.63, 3.8) is 0 Å². The van der Waals surface area contributed by atoms with Gasteiger partial charge in [0.1, 0.15) is 18.1 Å². The molecule has 0 bridgehead atoms. The highest BCUT2D eigenvalue weighted by atomic mass is 32.2. The average molecular weight is 313 g/mol. The zero-order chi connectivity index (χ0) is 15.1. The predicted molar refractivity (Wildman–Crippen MR) is 85.3 cm³/mol. The summed E-state index contributed by atoms with van der Waals surface area (Å²) in [6.45, 7) is 5.29. The molecule has 2 rings (SSSR count). The van der Waals surface area contributed by atoms with E-state index in [2.05, 4.69) is 11.2 Å². The van der Waals surface area contributed by atoms with Crippen LogP contribution in [0.4, 0.5) is 5.69 Å². The molecular formula is C15H23NO4S. The number of phenols is 1. The Kier molecular flexibility index (Phi) is 6.48. The monoisotopic (exact) mass is 313 g/mol. The van der Waals surface area contributed by atoms with Crippen molar-refractivity contribution in [3.05, 3.63) is 18.2 Å². The third-order valence-electron chi connectivity index (χ3n) is 3.14. The molecule has 5 nitrogen and oxygen atoms in total. The fraction of sp³-hybridized carbons (Fsp3) is 0.600. The zero-order valence-electron chi connectivity index (χ0n) is 12.6. The maximum absolute atomic E-state index is 10.1. The van der Waals surface area contributed by atoms with E-state index in [4.69, 9.17) is 14.2 Å². The molecular weight excluding hydrogens is 290 g/mol. The summed E-state index contributed by atoms with van der Waals surface area (Å²) in [5.74, 6) is 2.66. The molecule has 1 aromatic carbocycles. The molecule has 1 aliphatic heterocycles. The van der Waals surface area contributed by atoms with E-state index in [0.717, 1.165) is 18.0 Å². The van der Waals surface area contributed by atoms with Crippen LogP contribution in [-0.2, 0) is 9.47 Å². The van der Waals surface area contributed by atoms with E-state index >= 15 is 0 Å². The van der Waals surface area contributed by atoms with Crippen molar-refractivity contribution in [1.29, 1.82) is 0 Å². The van der Waals surface area contributed by atoms with Gasteiger partial charge in [-0.1, -0.05) is 6.92 Å². The molecule has 0 radical (unpaired) electrons. The Hall–Kier alpha value is -1.11. The second-order valence-electron chi connectivity index (χ2n) is 5.07. The molecule has 1 atom stereocenters. The molecule has 0 aromatic heterocycles. The van der Waals surface area contributed by atoms with E-state index in [9.17, 15) is 5.11 Å². The second kappa shape index (κ2) is 8.36. The number of rotatable bonds is 8. The van der Waals surface area contributed by atoms with E-state index in [1.807, 2.05) is 12.1 Å². The van der Waals surface area contributed by atoms with Crippen LogP contribution >= 0.6 is 11.9 Å². The highest BCUT2D eigenvalue weighted by molar-refractivity contribution is 8.00. The summed E-state index contributed by atoms with van der Waals surface area (Å²) in [5, 5.41) is 10.1. The molecule has 1 fully saturated rings. The number of benzene rings is 1. The van der Waals surface area contributed by atoms with Crippen molar-refractivity contribution in [2.24, 2.45) is 5.92 Å². The molecule has 1 saturated heterocycles. The number of aromatic hydroxyl groups is 1. The van der Waals surface area contributed by atoms with Gasteiger partial charge in [-0.25, -0.2) is 0 Å². The van der Waals surface area contributed by atoms with Gasteiger partial charge >= 0.3 is 0 Å². The fourth-order valence-electron chi connectivity index (χ4n) is 2.04. The van der Waals surface area contributed by atoms with Crippen molar-refractivity contribution < 1.29 is 19.3 Å². The minimum Gasteiger partial charge on any atom is -0.506 e. The van der Waals surface area contributed by atoms with Gasteiger partial charge in [0.15, 0.2) is 0 Å². The van der Waals surface area contributed by atoms with Crippen LogP contribution < -0.4 is 9.04 Å².